The van der Waals surface area contributed by atoms with E-state index in [2.05, 4.69) is 10.6 Å². The number of pyridine rings is 1. The van der Waals surface area contributed by atoms with Crippen LogP contribution in [0.2, 0.25) is 0 Å². The van der Waals surface area contributed by atoms with E-state index in [1.807, 2.05) is 62.1 Å². The standard InChI is InChI=1S/C22H28N4O2/c1-4-23-22(28)26-13-11-17(12-14-26)20-19(10-7-16(3)24-20)21(27)25-18-8-5-15(2)6-9-18/h5-10,17H,4,11-14H2,1-3H3,(H,23,28)(H,25,27). The van der Waals surface area contributed by atoms with Crippen LogP contribution in [0.15, 0.2) is 36.4 Å². The average molecular weight is 380 g/mol. The van der Waals surface area contributed by atoms with Crippen molar-refractivity contribution >= 4 is 17.6 Å². The summed E-state index contributed by atoms with van der Waals surface area (Å²) in [4.78, 5) is 31.5. The fraction of sp³-hybridized carbons (Fsp3) is 0.409. The average Bonchev–Trinajstić information content (AvgIpc) is 2.70. The molecule has 0 saturated carbocycles. The lowest BCUT2D eigenvalue weighted by Crippen LogP contribution is -2.44. The molecule has 1 aliphatic rings. The Morgan fingerprint density at radius 3 is 2.39 bits per heavy atom. The molecule has 1 aromatic heterocycles. The van der Waals surface area contributed by atoms with Crippen LogP contribution in [0.1, 0.15) is 53.0 Å². The van der Waals surface area contributed by atoms with E-state index in [1.54, 1.807) is 0 Å². The molecule has 6 nitrogen and oxygen atoms in total. The van der Waals surface area contributed by atoms with Gasteiger partial charge in [0.25, 0.3) is 5.91 Å². The Kier molecular flexibility index (Phi) is 6.29. The molecule has 2 aromatic rings. The first-order valence-electron chi connectivity index (χ1n) is 9.86. The van der Waals surface area contributed by atoms with Gasteiger partial charge in [0.1, 0.15) is 0 Å². The normalized spacial score (nSPS) is 14.6. The lowest BCUT2D eigenvalue weighted by Gasteiger charge is -2.32. The van der Waals surface area contributed by atoms with Crippen molar-refractivity contribution in [1.29, 1.82) is 0 Å². The maximum Gasteiger partial charge on any atom is 0.317 e. The van der Waals surface area contributed by atoms with Crippen LogP contribution in [-0.4, -0.2) is 41.5 Å². The number of rotatable bonds is 4. The predicted molar refractivity (Wildman–Crippen MR) is 111 cm³/mol. The molecular formula is C22H28N4O2. The first-order valence-corrected chi connectivity index (χ1v) is 9.86. The minimum atomic E-state index is -0.141. The molecule has 1 aliphatic heterocycles. The summed E-state index contributed by atoms with van der Waals surface area (Å²) in [7, 11) is 0. The maximum atomic E-state index is 12.9. The third-order valence-corrected chi connectivity index (χ3v) is 5.11. The van der Waals surface area contributed by atoms with Crippen molar-refractivity contribution in [3.05, 3.63) is 58.9 Å². The van der Waals surface area contributed by atoms with Gasteiger partial charge in [0.15, 0.2) is 0 Å². The molecular weight excluding hydrogens is 352 g/mol. The highest BCUT2D eigenvalue weighted by Crippen LogP contribution is 2.30. The number of urea groups is 1. The highest BCUT2D eigenvalue weighted by molar-refractivity contribution is 6.05. The molecule has 0 bridgehead atoms. The lowest BCUT2D eigenvalue weighted by molar-refractivity contribution is 0.102. The van der Waals surface area contributed by atoms with Crippen molar-refractivity contribution in [2.24, 2.45) is 0 Å². The Labute approximate surface area is 166 Å². The highest BCUT2D eigenvalue weighted by atomic mass is 16.2. The topological polar surface area (TPSA) is 74.3 Å². The van der Waals surface area contributed by atoms with E-state index in [0.717, 1.165) is 35.5 Å². The SMILES string of the molecule is CCNC(=O)N1CCC(c2nc(C)ccc2C(=O)Nc2ccc(C)cc2)CC1. The van der Waals surface area contributed by atoms with E-state index >= 15 is 0 Å². The summed E-state index contributed by atoms with van der Waals surface area (Å²) in [6, 6.07) is 11.5. The highest BCUT2D eigenvalue weighted by Gasteiger charge is 2.27. The van der Waals surface area contributed by atoms with E-state index in [0.29, 0.717) is 25.2 Å². The Morgan fingerprint density at radius 1 is 1.07 bits per heavy atom. The van der Waals surface area contributed by atoms with E-state index in [4.69, 9.17) is 4.98 Å². The second-order valence-electron chi connectivity index (χ2n) is 7.30. The van der Waals surface area contributed by atoms with E-state index in [9.17, 15) is 9.59 Å². The maximum absolute atomic E-state index is 12.9. The molecule has 2 heterocycles. The molecule has 1 fully saturated rings. The summed E-state index contributed by atoms with van der Waals surface area (Å²) < 4.78 is 0. The van der Waals surface area contributed by atoms with Crippen LogP contribution in [0.25, 0.3) is 0 Å². The van der Waals surface area contributed by atoms with Crippen molar-refractivity contribution < 1.29 is 9.59 Å². The molecule has 1 saturated heterocycles. The summed E-state index contributed by atoms with van der Waals surface area (Å²) in [6.45, 7) is 7.84. The second-order valence-corrected chi connectivity index (χ2v) is 7.30. The molecule has 6 heteroatoms. The van der Waals surface area contributed by atoms with Crippen molar-refractivity contribution in [2.45, 2.75) is 39.5 Å². The number of carbonyl (C=O) groups excluding carboxylic acids is 2. The van der Waals surface area contributed by atoms with E-state index in [-0.39, 0.29) is 17.9 Å². The Morgan fingerprint density at radius 2 is 1.75 bits per heavy atom. The number of aryl methyl sites for hydroxylation is 2. The van der Waals surface area contributed by atoms with Gasteiger partial charge in [-0.2, -0.15) is 0 Å². The van der Waals surface area contributed by atoms with Crippen LogP contribution in [0, 0.1) is 13.8 Å². The first-order chi connectivity index (χ1) is 13.5. The molecule has 0 unspecified atom stereocenters. The number of carbonyl (C=O) groups is 2. The van der Waals surface area contributed by atoms with Gasteiger partial charge in [-0.05, 0) is 57.9 Å². The smallest absolute Gasteiger partial charge is 0.317 e. The van der Waals surface area contributed by atoms with E-state index < -0.39 is 0 Å². The van der Waals surface area contributed by atoms with Gasteiger partial charge in [-0.15, -0.1) is 0 Å². The van der Waals surface area contributed by atoms with Gasteiger partial charge < -0.3 is 15.5 Å². The Bertz CT molecular complexity index is 840. The minimum Gasteiger partial charge on any atom is -0.338 e. The fourth-order valence-corrected chi connectivity index (χ4v) is 3.53. The summed E-state index contributed by atoms with van der Waals surface area (Å²) in [6.07, 6.45) is 1.61. The van der Waals surface area contributed by atoms with Gasteiger partial charge in [-0.25, -0.2) is 4.79 Å². The minimum absolute atomic E-state index is 0.0181. The number of likely N-dealkylation sites (tertiary alicyclic amines) is 1. The zero-order valence-electron chi connectivity index (χ0n) is 16.8. The lowest BCUT2D eigenvalue weighted by atomic mass is 9.90. The number of benzene rings is 1. The monoisotopic (exact) mass is 380 g/mol. The molecule has 1 aromatic carbocycles. The van der Waals surface area contributed by atoms with Crippen LogP contribution in [-0.2, 0) is 0 Å². The van der Waals surface area contributed by atoms with Gasteiger partial charge in [0.2, 0.25) is 0 Å². The predicted octanol–water partition coefficient (Wildman–Crippen LogP) is 3.86. The number of piperidine rings is 1. The fourth-order valence-electron chi connectivity index (χ4n) is 3.53. The number of aromatic nitrogens is 1. The van der Waals surface area contributed by atoms with Crippen molar-refractivity contribution in [2.75, 3.05) is 25.0 Å². The molecule has 148 valence electrons. The van der Waals surface area contributed by atoms with Crippen LogP contribution < -0.4 is 10.6 Å². The zero-order valence-corrected chi connectivity index (χ0v) is 16.8. The summed E-state index contributed by atoms with van der Waals surface area (Å²) in [5.41, 5.74) is 4.26. The Hall–Kier alpha value is -2.89. The largest absolute Gasteiger partial charge is 0.338 e. The van der Waals surface area contributed by atoms with Gasteiger partial charge >= 0.3 is 6.03 Å². The summed E-state index contributed by atoms with van der Waals surface area (Å²) >= 11 is 0. The van der Waals surface area contributed by atoms with Crippen LogP contribution >= 0.6 is 0 Å². The van der Waals surface area contributed by atoms with E-state index in [1.165, 1.54) is 0 Å². The molecule has 0 atom stereocenters. The quantitative estimate of drug-likeness (QED) is 0.846. The summed E-state index contributed by atoms with van der Waals surface area (Å²) in [5, 5.41) is 5.82. The second kappa shape index (κ2) is 8.87. The van der Waals surface area contributed by atoms with Crippen molar-refractivity contribution in [3.63, 3.8) is 0 Å². The molecule has 3 amide bonds. The van der Waals surface area contributed by atoms with Crippen LogP contribution in [0.4, 0.5) is 10.5 Å². The molecule has 3 rings (SSSR count). The van der Waals surface area contributed by atoms with Crippen LogP contribution in [0.5, 0.6) is 0 Å². The molecule has 28 heavy (non-hydrogen) atoms. The summed E-state index contributed by atoms with van der Waals surface area (Å²) in [5.74, 6) is 0.0295. The van der Waals surface area contributed by atoms with Crippen LogP contribution in [0.3, 0.4) is 0 Å². The number of amides is 3. The number of nitrogens with zero attached hydrogens (tertiary/aromatic N) is 2. The van der Waals surface area contributed by atoms with Gasteiger partial charge in [0.05, 0.1) is 11.3 Å². The third kappa shape index (κ3) is 4.68. The zero-order chi connectivity index (χ0) is 20.1. The molecule has 0 aliphatic carbocycles. The number of anilines is 1. The number of hydrogen-bond acceptors (Lipinski definition) is 3. The van der Waals surface area contributed by atoms with Gasteiger partial charge in [-0.1, -0.05) is 17.7 Å². The van der Waals surface area contributed by atoms with Gasteiger partial charge in [-0.3, -0.25) is 9.78 Å². The molecule has 0 radical (unpaired) electrons. The first kappa shape index (κ1) is 19.9. The Balaban J connectivity index is 1.75. The molecule has 2 N–H and O–H groups in total. The number of hydrogen-bond donors (Lipinski definition) is 2. The third-order valence-electron chi connectivity index (χ3n) is 5.11. The van der Waals surface area contributed by atoms with Crippen molar-refractivity contribution in [3.8, 4) is 0 Å². The number of nitrogens with one attached hydrogen (secondary N) is 2. The molecule has 0 spiro atoms. The van der Waals surface area contributed by atoms with Gasteiger partial charge in [0, 0.05) is 36.9 Å². The van der Waals surface area contributed by atoms with Crippen molar-refractivity contribution in [1.82, 2.24) is 15.2 Å².